The van der Waals surface area contributed by atoms with E-state index >= 15 is 0 Å². The summed E-state index contributed by atoms with van der Waals surface area (Å²) in [5, 5.41) is 11.3. The second-order valence-electron chi connectivity index (χ2n) is 3.67. The van der Waals surface area contributed by atoms with Gasteiger partial charge in [0.1, 0.15) is 10.6 Å². The zero-order chi connectivity index (χ0) is 13.1. The van der Waals surface area contributed by atoms with Gasteiger partial charge in [0.25, 0.3) is 5.91 Å². The van der Waals surface area contributed by atoms with Gasteiger partial charge < -0.3 is 10.0 Å². The van der Waals surface area contributed by atoms with Crippen LogP contribution in [0.25, 0.3) is 0 Å². The zero-order valence-electron chi connectivity index (χ0n) is 9.76. The summed E-state index contributed by atoms with van der Waals surface area (Å²) < 4.78 is 0.802. The minimum atomic E-state index is -0.0648. The first-order chi connectivity index (χ1) is 8.63. The first-order valence-electron chi connectivity index (χ1n) is 5.47. The highest BCUT2D eigenvalue weighted by molar-refractivity contribution is 9.10. The van der Waals surface area contributed by atoms with E-state index in [1.165, 1.54) is 11.3 Å². The molecule has 1 N–H and O–H groups in total. The number of hydrogen-bond donors (Lipinski definition) is 1. The Morgan fingerprint density at radius 1 is 1.44 bits per heavy atom. The van der Waals surface area contributed by atoms with Crippen molar-refractivity contribution in [2.24, 2.45) is 0 Å². The van der Waals surface area contributed by atoms with Crippen LogP contribution in [-0.2, 0) is 0 Å². The third-order valence-electron chi connectivity index (χ3n) is 2.51. The number of carbonyl (C=O) groups excluding carboxylic acids is 1. The van der Waals surface area contributed by atoms with E-state index in [4.69, 9.17) is 0 Å². The van der Waals surface area contributed by atoms with Crippen LogP contribution < -0.4 is 4.90 Å². The van der Waals surface area contributed by atoms with E-state index in [0.717, 1.165) is 4.47 Å². The van der Waals surface area contributed by atoms with E-state index in [-0.39, 0.29) is 11.7 Å². The van der Waals surface area contributed by atoms with Gasteiger partial charge in [-0.1, -0.05) is 6.07 Å². The second-order valence-corrected chi connectivity index (χ2v) is 5.44. The van der Waals surface area contributed by atoms with Crippen LogP contribution in [0.15, 0.2) is 40.2 Å². The molecule has 3 nitrogen and oxygen atoms in total. The van der Waals surface area contributed by atoms with Gasteiger partial charge in [-0.2, -0.15) is 0 Å². The predicted octanol–water partition coefficient (Wildman–Crippen LogP) is 3.88. The van der Waals surface area contributed by atoms with Gasteiger partial charge in [-0.05, 0) is 46.4 Å². The Morgan fingerprint density at radius 2 is 2.22 bits per heavy atom. The van der Waals surface area contributed by atoms with E-state index in [0.29, 0.717) is 17.1 Å². The summed E-state index contributed by atoms with van der Waals surface area (Å²) in [5.41, 5.74) is 0.697. The summed E-state index contributed by atoms with van der Waals surface area (Å²) in [6, 6.07) is 8.56. The van der Waals surface area contributed by atoms with Crippen LogP contribution in [0.3, 0.4) is 0 Å². The minimum absolute atomic E-state index is 0.0648. The Labute approximate surface area is 118 Å². The van der Waals surface area contributed by atoms with Crippen LogP contribution in [0.4, 0.5) is 5.69 Å². The number of anilines is 1. The molecule has 0 aliphatic heterocycles. The fraction of sp³-hybridized carbons (Fsp3) is 0.154. The van der Waals surface area contributed by atoms with E-state index in [9.17, 15) is 9.90 Å². The van der Waals surface area contributed by atoms with Gasteiger partial charge in [-0.25, -0.2) is 0 Å². The van der Waals surface area contributed by atoms with E-state index in [1.54, 1.807) is 23.1 Å². The molecule has 0 aliphatic rings. The molecule has 0 saturated carbocycles. The van der Waals surface area contributed by atoms with E-state index in [2.05, 4.69) is 15.9 Å². The molecular weight excluding hydrogens is 314 g/mol. The number of hydrogen-bond acceptors (Lipinski definition) is 3. The molecule has 0 atom stereocenters. The van der Waals surface area contributed by atoms with Gasteiger partial charge in [0.2, 0.25) is 0 Å². The van der Waals surface area contributed by atoms with Gasteiger partial charge in [0.15, 0.2) is 0 Å². The van der Waals surface area contributed by atoms with Crippen molar-refractivity contribution in [2.45, 2.75) is 6.92 Å². The van der Waals surface area contributed by atoms with Crippen molar-refractivity contribution >= 4 is 38.9 Å². The summed E-state index contributed by atoms with van der Waals surface area (Å²) in [7, 11) is 0. The molecule has 0 fully saturated rings. The summed E-state index contributed by atoms with van der Waals surface area (Å²) >= 11 is 4.76. The maximum atomic E-state index is 12.4. The topological polar surface area (TPSA) is 40.5 Å². The normalized spacial score (nSPS) is 10.3. The molecule has 18 heavy (non-hydrogen) atoms. The molecule has 2 aromatic rings. The SMILES string of the molecule is CCN(C(=O)c1sccc1Br)c1cccc(O)c1. The number of halogens is 1. The molecule has 1 heterocycles. The number of amides is 1. The fourth-order valence-electron chi connectivity index (χ4n) is 1.67. The number of carbonyl (C=O) groups is 1. The van der Waals surface area contributed by atoms with Gasteiger partial charge in [0.05, 0.1) is 0 Å². The molecule has 0 unspecified atom stereocenters. The maximum Gasteiger partial charge on any atom is 0.269 e. The van der Waals surface area contributed by atoms with Crippen molar-refractivity contribution < 1.29 is 9.90 Å². The van der Waals surface area contributed by atoms with Crippen LogP contribution in [-0.4, -0.2) is 17.6 Å². The van der Waals surface area contributed by atoms with Crippen molar-refractivity contribution in [3.8, 4) is 5.75 Å². The van der Waals surface area contributed by atoms with Crippen molar-refractivity contribution in [1.29, 1.82) is 0 Å². The van der Waals surface area contributed by atoms with Crippen molar-refractivity contribution in [2.75, 3.05) is 11.4 Å². The number of aromatic hydroxyl groups is 1. The van der Waals surface area contributed by atoms with E-state index < -0.39 is 0 Å². The van der Waals surface area contributed by atoms with Crippen LogP contribution in [0.5, 0.6) is 5.75 Å². The average molecular weight is 326 g/mol. The molecule has 0 aliphatic carbocycles. The smallest absolute Gasteiger partial charge is 0.269 e. The Morgan fingerprint density at radius 3 is 2.78 bits per heavy atom. The Kier molecular flexibility index (Phi) is 4.04. The van der Waals surface area contributed by atoms with Crippen molar-refractivity contribution in [3.63, 3.8) is 0 Å². The Balaban J connectivity index is 2.35. The Bertz CT molecular complexity index is 568. The average Bonchev–Trinajstić information content (AvgIpc) is 2.76. The number of thiophene rings is 1. The molecule has 5 heteroatoms. The number of phenolic OH excluding ortho intramolecular Hbond substituents is 1. The van der Waals surface area contributed by atoms with Crippen LogP contribution in [0.1, 0.15) is 16.6 Å². The van der Waals surface area contributed by atoms with Gasteiger partial charge >= 0.3 is 0 Å². The second kappa shape index (κ2) is 5.54. The molecule has 1 aromatic carbocycles. The van der Waals surface area contributed by atoms with Crippen LogP contribution in [0, 0.1) is 0 Å². The van der Waals surface area contributed by atoms with E-state index in [1.807, 2.05) is 24.4 Å². The summed E-state index contributed by atoms with van der Waals surface area (Å²) in [5.74, 6) is 0.0916. The fourth-order valence-corrected chi connectivity index (χ4v) is 3.16. The lowest BCUT2D eigenvalue weighted by Gasteiger charge is -2.20. The summed E-state index contributed by atoms with van der Waals surface area (Å²) in [6.45, 7) is 2.45. The first-order valence-corrected chi connectivity index (χ1v) is 7.14. The molecular formula is C13H12BrNO2S. The first kappa shape index (κ1) is 13.1. The quantitative estimate of drug-likeness (QED) is 0.930. The number of nitrogens with zero attached hydrogens (tertiary/aromatic N) is 1. The largest absolute Gasteiger partial charge is 0.508 e. The highest BCUT2D eigenvalue weighted by atomic mass is 79.9. The number of phenols is 1. The molecule has 0 radical (unpaired) electrons. The maximum absolute atomic E-state index is 12.4. The van der Waals surface area contributed by atoms with Crippen LogP contribution >= 0.6 is 27.3 Å². The molecule has 1 aromatic heterocycles. The lowest BCUT2D eigenvalue weighted by Crippen LogP contribution is -2.30. The molecule has 94 valence electrons. The monoisotopic (exact) mass is 325 g/mol. The van der Waals surface area contributed by atoms with Crippen LogP contribution in [0.2, 0.25) is 0 Å². The summed E-state index contributed by atoms with van der Waals surface area (Å²) in [6.07, 6.45) is 0. The lowest BCUT2D eigenvalue weighted by atomic mass is 10.2. The number of rotatable bonds is 3. The van der Waals surface area contributed by atoms with Gasteiger partial charge in [0, 0.05) is 22.8 Å². The predicted molar refractivity (Wildman–Crippen MR) is 77.5 cm³/mol. The van der Waals surface area contributed by atoms with Gasteiger partial charge in [-0.3, -0.25) is 4.79 Å². The third-order valence-corrected chi connectivity index (χ3v) is 4.34. The Hall–Kier alpha value is -1.33. The summed E-state index contributed by atoms with van der Waals surface area (Å²) in [4.78, 5) is 14.7. The van der Waals surface area contributed by atoms with Gasteiger partial charge in [-0.15, -0.1) is 11.3 Å². The van der Waals surface area contributed by atoms with Crippen molar-refractivity contribution in [3.05, 3.63) is 45.1 Å². The third kappa shape index (κ3) is 2.57. The highest BCUT2D eigenvalue weighted by Crippen LogP contribution is 2.27. The van der Waals surface area contributed by atoms with Crippen molar-refractivity contribution in [1.82, 2.24) is 0 Å². The molecule has 0 spiro atoms. The lowest BCUT2D eigenvalue weighted by molar-refractivity contribution is 0.0991. The molecule has 1 amide bonds. The molecule has 0 bridgehead atoms. The minimum Gasteiger partial charge on any atom is -0.508 e. The zero-order valence-corrected chi connectivity index (χ0v) is 12.2. The highest BCUT2D eigenvalue weighted by Gasteiger charge is 2.19. The molecule has 0 saturated heterocycles. The standard InChI is InChI=1S/C13H12BrNO2S/c1-2-15(9-4-3-5-10(16)8-9)13(17)12-11(14)6-7-18-12/h3-8,16H,2H2,1H3. The molecule has 2 rings (SSSR count). The number of benzene rings is 1.